The van der Waals surface area contributed by atoms with Crippen LogP contribution in [0.4, 0.5) is 0 Å². The van der Waals surface area contributed by atoms with Crippen LogP contribution >= 0.6 is 0 Å². The first-order chi connectivity index (χ1) is 36.3. The van der Waals surface area contributed by atoms with Crippen molar-refractivity contribution in [1.29, 1.82) is 0 Å². The van der Waals surface area contributed by atoms with Crippen LogP contribution in [0, 0.1) is 0 Å². The van der Waals surface area contributed by atoms with Crippen LogP contribution in [0.3, 0.4) is 0 Å². The van der Waals surface area contributed by atoms with Gasteiger partial charge in [0.1, 0.15) is 30.5 Å². The predicted molar refractivity (Wildman–Crippen MR) is 310 cm³/mol. The summed E-state index contributed by atoms with van der Waals surface area (Å²) in [6.45, 7) is 3.66. The summed E-state index contributed by atoms with van der Waals surface area (Å²) in [4.78, 5) is 13.1. The lowest BCUT2D eigenvalue weighted by Gasteiger charge is -2.40. The maximum Gasteiger partial charge on any atom is 0.220 e. The third-order valence-electron chi connectivity index (χ3n) is 16.3. The smallest absolute Gasteiger partial charge is 0.220 e. The number of hydrogen-bond acceptors (Lipinski definition) is 9. The maximum atomic E-state index is 13.1. The van der Waals surface area contributed by atoms with E-state index >= 15 is 0 Å². The summed E-state index contributed by atoms with van der Waals surface area (Å²) in [7, 11) is 0. The minimum absolute atomic E-state index is 0.249. The second-order valence-electron chi connectivity index (χ2n) is 23.4. The summed E-state index contributed by atoms with van der Waals surface area (Å²) < 4.78 is 11.2. The van der Waals surface area contributed by atoms with Gasteiger partial charge in [-0.3, -0.25) is 4.79 Å². The van der Waals surface area contributed by atoms with Gasteiger partial charge in [0.25, 0.3) is 0 Å². The highest BCUT2D eigenvalue weighted by molar-refractivity contribution is 5.76. The maximum absolute atomic E-state index is 13.1. The average molecular weight is 1050 g/mol. The first kappa shape index (κ1) is 71.2. The Morgan fingerprint density at radius 3 is 1.00 bits per heavy atom. The van der Waals surface area contributed by atoms with E-state index in [4.69, 9.17) is 9.47 Å². The third-order valence-corrected chi connectivity index (χ3v) is 16.3. The van der Waals surface area contributed by atoms with Crippen LogP contribution in [0.2, 0.25) is 0 Å². The minimum Gasteiger partial charge on any atom is -0.394 e. The highest BCUT2D eigenvalue weighted by Gasteiger charge is 2.44. The first-order valence-corrected chi connectivity index (χ1v) is 32.8. The third kappa shape index (κ3) is 42.1. The normalized spacial score (nSPS) is 19.3. The lowest BCUT2D eigenvalue weighted by Crippen LogP contribution is -2.60. The van der Waals surface area contributed by atoms with E-state index < -0.39 is 55.6 Å². The van der Waals surface area contributed by atoms with Gasteiger partial charge >= 0.3 is 0 Å². The van der Waals surface area contributed by atoms with Crippen molar-refractivity contribution in [1.82, 2.24) is 5.32 Å². The summed E-state index contributed by atoms with van der Waals surface area (Å²) in [6.07, 6.45) is 56.0. The van der Waals surface area contributed by atoms with E-state index in [1.807, 2.05) is 0 Å². The lowest BCUT2D eigenvalue weighted by molar-refractivity contribution is -0.303. The van der Waals surface area contributed by atoms with Crippen molar-refractivity contribution in [2.45, 2.75) is 390 Å². The topological polar surface area (TPSA) is 169 Å². The number of ether oxygens (including phenoxy) is 2. The molecule has 7 N–H and O–H groups in total. The van der Waals surface area contributed by atoms with Crippen molar-refractivity contribution in [3.63, 3.8) is 0 Å². The number of carbonyl (C=O) groups is 1. The number of hydrogen-bond donors (Lipinski definition) is 7. The molecule has 1 heterocycles. The number of amides is 1. The van der Waals surface area contributed by atoms with Crippen molar-refractivity contribution < 1.29 is 44.9 Å². The molecule has 0 bridgehead atoms. The zero-order chi connectivity index (χ0) is 53.8. The van der Waals surface area contributed by atoms with Gasteiger partial charge in [0.05, 0.1) is 25.4 Å². The fourth-order valence-electron chi connectivity index (χ4n) is 11.1. The number of aliphatic hydroxyl groups is 6. The number of carbonyl (C=O) groups excluding carboxylic acids is 1. The SMILES string of the molecule is CCCCCCCCCCCCCCCCCCCCCCCCCCCCCCCCCCCCCCC(=O)N[C@@H](CO[C@@H]1O[C@H](CO)[C@H](O)C(O)C1O)[C@H](O)[C@H](O)CCCCCCCCCCCCCCC. The Bertz CT molecular complexity index is 1150. The number of aliphatic hydroxyl groups excluding tert-OH is 6. The summed E-state index contributed by atoms with van der Waals surface area (Å²) in [6, 6.07) is -0.986. The highest BCUT2D eigenvalue weighted by atomic mass is 16.7. The Kier molecular flexibility index (Phi) is 52.0. The predicted octanol–water partition coefficient (Wildman–Crippen LogP) is 15.9. The Morgan fingerprint density at radius 2 is 0.703 bits per heavy atom. The Hall–Kier alpha value is -0.850. The molecule has 1 amide bonds. The van der Waals surface area contributed by atoms with Crippen molar-refractivity contribution in [2.24, 2.45) is 0 Å². The quantitative estimate of drug-likeness (QED) is 0.0293. The molecule has 74 heavy (non-hydrogen) atoms. The van der Waals surface area contributed by atoms with E-state index in [1.54, 1.807) is 0 Å². The highest BCUT2D eigenvalue weighted by Crippen LogP contribution is 2.24. The van der Waals surface area contributed by atoms with Gasteiger partial charge in [0.15, 0.2) is 6.29 Å². The summed E-state index contributed by atoms with van der Waals surface area (Å²) in [5.41, 5.74) is 0. The summed E-state index contributed by atoms with van der Waals surface area (Å²) >= 11 is 0. The van der Waals surface area contributed by atoms with Crippen LogP contribution in [0.25, 0.3) is 0 Å². The number of nitrogens with one attached hydrogen (secondary N) is 1. The molecule has 10 heteroatoms. The Balaban J connectivity index is 2.06. The second kappa shape index (κ2) is 54.1. The fraction of sp³-hybridized carbons (Fsp3) is 0.984. The molecule has 1 aliphatic heterocycles. The molecule has 0 aromatic carbocycles. The number of unbranched alkanes of at least 4 members (excludes halogenated alkanes) is 47. The average Bonchev–Trinajstić information content (AvgIpc) is 3.40. The van der Waals surface area contributed by atoms with Gasteiger partial charge in [-0.2, -0.15) is 0 Å². The number of rotatable bonds is 58. The molecule has 8 atom stereocenters. The minimum atomic E-state index is -1.60. The van der Waals surface area contributed by atoms with E-state index in [-0.39, 0.29) is 18.9 Å². The van der Waals surface area contributed by atoms with Crippen molar-refractivity contribution in [2.75, 3.05) is 13.2 Å². The largest absolute Gasteiger partial charge is 0.394 e. The monoisotopic (exact) mass is 1050 g/mol. The van der Waals surface area contributed by atoms with Crippen LogP contribution in [0.15, 0.2) is 0 Å². The molecular weight excluding hydrogens is 927 g/mol. The van der Waals surface area contributed by atoms with E-state index in [1.165, 1.54) is 276 Å². The molecule has 0 aliphatic carbocycles. The Labute approximate surface area is 457 Å². The molecule has 0 radical (unpaired) electrons. The van der Waals surface area contributed by atoms with Crippen LogP contribution < -0.4 is 5.32 Å². The zero-order valence-electron chi connectivity index (χ0n) is 49.0. The Morgan fingerprint density at radius 1 is 0.419 bits per heavy atom. The standard InChI is InChI=1S/C64H127NO9/c1-3-5-7-9-11-13-15-17-18-19-20-21-22-23-24-25-26-27-28-29-30-31-32-33-34-35-36-37-38-39-41-43-45-47-49-51-53-59(68)65-56(55-73-64-63(72)62(71)61(70)58(54-66)74-64)60(69)57(67)52-50-48-46-44-42-40-16-14-12-10-8-6-4-2/h56-58,60-64,66-67,69-72H,3-55H2,1-2H3,(H,65,68)/t56-,57+,58+,60-,61-,62?,63?,64+/m0/s1. The van der Waals surface area contributed by atoms with Crippen LogP contribution in [0.5, 0.6) is 0 Å². The van der Waals surface area contributed by atoms with Crippen LogP contribution in [0.1, 0.15) is 341 Å². The van der Waals surface area contributed by atoms with Gasteiger partial charge in [-0.15, -0.1) is 0 Å². The molecule has 0 aromatic rings. The van der Waals surface area contributed by atoms with Crippen molar-refractivity contribution >= 4 is 5.91 Å². The summed E-state index contributed by atoms with van der Waals surface area (Å²) in [5, 5.41) is 65.6. The molecule has 1 fully saturated rings. The van der Waals surface area contributed by atoms with E-state index in [9.17, 15) is 35.4 Å². The van der Waals surface area contributed by atoms with Gasteiger partial charge < -0.3 is 45.4 Å². The van der Waals surface area contributed by atoms with Gasteiger partial charge in [0.2, 0.25) is 5.91 Å². The molecule has 1 aliphatic rings. The van der Waals surface area contributed by atoms with Crippen LogP contribution in [-0.2, 0) is 14.3 Å². The molecule has 2 unspecified atom stereocenters. The molecule has 1 rings (SSSR count). The van der Waals surface area contributed by atoms with Crippen molar-refractivity contribution in [3.8, 4) is 0 Å². The summed E-state index contributed by atoms with van der Waals surface area (Å²) in [5.74, 6) is -0.249. The molecule has 0 saturated carbocycles. The molecule has 0 aromatic heterocycles. The fourth-order valence-corrected chi connectivity index (χ4v) is 11.1. The molecule has 1 saturated heterocycles. The van der Waals surface area contributed by atoms with E-state index in [0.29, 0.717) is 6.42 Å². The van der Waals surface area contributed by atoms with E-state index in [0.717, 1.165) is 38.5 Å². The van der Waals surface area contributed by atoms with Gasteiger partial charge in [-0.1, -0.05) is 322 Å². The molecule has 10 nitrogen and oxygen atoms in total. The molecule has 0 spiro atoms. The molecule has 442 valence electrons. The van der Waals surface area contributed by atoms with Gasteiger partial charge in [-0.25, -0.2) is 0 Å². The van der Waals surface area contributed by atoms with E-state index in [2.05, 4.69) is 19.2 Å². The lowest BCUT2D eigenvalue weighted by atomic mass is 9.98. The first-order valence-electron chi connectivity index (χ1n) is 32.8. The zero-order valence-corrected chi connectivity index (χ0v) is 49.0. The van der Waals surface area contributed by atoms with Crippen LogP contribution in [-0.4, -0.2) is 98.7 Å². The van der Waals surface area contributed by atoms with Gasteiger partial charge in [0, 0.05) is 6.42 Å². The second-order valence-corrected chi connectivity index (χ2v) is 23.4. The van der Waals surface area contributed by atoms with Gasteiger partial charge in [-0.05, 0) is 12.8 Å². The molecular formula is C64H127NO9. The van der Waals surface area contributed by atoms with Crippen molar-refractivity contribution in [3.05, 3.63) is 0 Å².